The van der Waals surface area contributed by atoms with Crippen LogP contribution >= 0.6 is 11.8 Å². The summed E-state index contributed by atoms with van der Waals surface area (Å²) in [5, 5.41) is 0.470. The van der Waals surface area contributed by atoms with Gasteiger partial charge >= 0.3 is 0 Å². The summed E-state index contributed by atoms with van der Waals surface area (Å²) >= 11 is 1.85. The molecule has 3 unspecified atom stereocenters. The largest absolute Gasteiger partial charge is 0.370 e. The van der Waals surface area contributed by atoms with Crippen LogP contribution in [0.2, 0.25) is 0 Å². The Hall–Kier alpha value is -0.260. The van der Waals surface area contributed by atoms with E-state index in [0.29, 0.717) is 11.7 Å². The molecule has 0 aromatic carbocycles. The van der Waals surface area contributed by atoms with Crippen molar-refractivity contribution in [3.05, 3.63) is 0 Å². The van der Waals surface area contributed by atoms with E-state index in [1.54, 1.807) is 0 Å². The van der Waals surface area contributed by atoms with Gasteiger partial charge in [0.2, 0.25) is 5.91 Å². The fraction of sp³-hybridized carbons (Fsp3) is 0.889. The summed E-state index contributed by atoms with van der Waals surface area (Å²) in [7, 11) is 0. The zero-order chi connectivity index (χ0) is 10.6. The summed E-state index contributed by atoms with van der Waals surface area (Å²) in [5.41, 5.74) is 16.8. The van der Waals surface area contributed by atoms with Gasteiger partial charge in [-0.2, -0.15) is 11.8 Å². The summed E-state index contributed by atoms with van der Waals surface area (Å²) in [6.07, 6.45) is 3.42. The van der Waals surface area contributed by atoms with Gasteiger partial charge in [0, 0.05) is 29.5 Å². The average Bonchev–Trinajstić information content (AvgIpc) is 2.43. The molecule has 3 atom stereocenters. The molecule has 5 heteroatoms. The first-order valence-electron chi connectivity index (χ1n) is 5.02. The molecular weight excluding hydrogens is 198 g/mol. The first-order chi connectivity index (χ1) is 6.61. The van der Waals surface area contributed by atoms with E-state index >= 15 is 0 Å². The van der Waals surface area contributed by atoms with Crippen molar-refractivity contribution in [3.8, 4) is 0 Å². The Balaban J connectivity index is 2.10. The maximum Gasteiger partial charge on any atom is 0.217 e. The van der Waals surface area contributed by atoms with Crippen molar-refractivity contribution >= 4 is 17.7 Å². The highest BCUT2D eigenvalue weighted by molar-refractivity contribution is 8.00. The van der Waals surface area contributed by atoms with E-state index in [2.05, 4.69) is 0 Å². The number of primary amides is 1. The minimum Gasteiger partial charge on any atom is -0.370 e. The first kappa shape index (κ1) is 11.8. The predicted molar refractivity (Wildman–Crippen MR) is 59.9 cm³/mol. The van der Waals surface area contributed by atoms with E-state index in [0.717, 1.165) is 25.0 Å². The molecule has 0 aliphatic carbocycles. The third-order valence-electron chi connectivity index (χ3n) is 2.59. The summed E-state index contributed by atoms with van der Waals surface area (Å²) in [5.74, 6) is 0.742. The lowest BCUT2D eigenvalue weighted by molar-refractivity contribution is -0.118. The van der Waals surface area contributed by atoms with Crippen molar-refractivity contribution in [3.63, 3.8) is 0 Å². The highest BCUT2D eigenvalue weighted by Gasteiger charge is 2.30. The van der Waals surface area contributed by atoms with Crippen LogP contribution in [0, 0.1) is 0 Å². The molecule has 0 radical (unpaired) electrons. The lowest BCUT2D eigenvalue weighted by atomic mass is 10.0. The van der Waals surface area contributed by atoms with Crippen LogP contribution in [0.3, 0.4) is 0 Å². The second-order valence-electron chi connectivity index (χ2n) is 3.83. The van der Waals surface area contributed by atoms with Crippen LogP contribution in [0.5, 0.6) is 0 Å². The van der Waals surface area contributed by atoms with Crippen LogP contribution in [0.1, 0.15) is 25.7 Å². The minimum atomic E-state index is -0.218. The van der Waals surface area contributed by atoms with Crippen LogP contribution in [0.4, 0.5) is 0 Å². The molecule has 82 valence electrons. The van der Waals surface area contributed by atoms with Crippen LogP contribution < -0.4 is 17.2 Å². The lowest BCUT2D eigenvalue weighted by Crippen LogP contribution is -2.43. The fourth-order valence-corrected chi connectivity index (χ4v) is 3.10. The van der Waals surface area contributed by atoms with Gasteiger partial charge in [0.05, 0.1) is 0 Å². The van der Waals surface area contributed by atoms with Crippen molar-refractivity contribution in [1.82, 2.24) is 0 Å². The standard InChI is InChI=1S/C9H19N3OS/c10-6-5-14-7(9(6)12)3-1-2-4-8(11)13/h6-7,9H,1-5,10,12H2,(H2,11,13). The monoisotopic (exact) mass is 217 g/mol. The van der Waals surface area contributed by atoms with Gasteiger partial charge in [0.1, 0.15) is 0 Å². The highest BCUT2D eigenvalue weighted by atomic mass is 32.2. The van der Waals surface area contributed by atoms with Crippen LogP contribution in [0.25, 0.3) is 0 Å². The molecule has 6 N–H and O–H groups in total. The van der Waals surface area contributed by atoms with Crippen molar-refractivity contribution in [1.29, 1.82) is 0 Å². The van der Waals surface area contributed by atoms with Gasteiger partial charge in [0.15, 0.2) is 0 Å². The molecule has 1 heterocycles. The molecule has 0 aromatic rings. The van der Waals surface area contributed by atoms with E-state index in [1.807, 2.05) is 11.8 Å². The van der Waals surface area contributed by atoms with Gasteiger partial charge in [-0.1, -0.05) is 6.42 Å². The van der Waals surface area contributed by atoms with Crippen LogP contribution in [-0.4, -0.2) is 29.0 Å². The Morgan fingerprint density at radius 1 is 1.36 bits per heavy atom. The lowest BCUT2D eigenvalue weighted by Gasteiger charge is -2.16. The van der Waals surface area contributed by atoms with Crippen molar-refractivity contribution < 1.29 is 4.79 Å². The number of nitrogens with two attached hydrogens (primary N) is 3. The number of carbonyl (C=O) groups excluding carboxylic acids is 1. The van der Waals surface area contributed by atoms with Gasteiger partial charge in [-0.25, -0.2) is 0 Å². The molecule has 1 rings (SSSR count). The number of hydrogen-bond acceptors (Lipinski definition) is 4. The Morgan fingerprint density at radius 3 is 2.57 bits per heavy atom. The van der Waals surface area contributed by atoms with Crippen LogP contribution in [-0.2, 0) is 4.79 Å². The summed E-state index contributed by atoms with van der Waals surface area (Å²) in [4.78, 5) is 10.5. The van der Waals surface area contributed by atoms with E-state index < -0.39 is 0 Å². The smallest absolute Gasteiger partial charge is 0.217 e. The number of hydrogen-bond donors (Lipinski definition) is 3. The zero-order valence-electron chi connectivity index (χ0n) is 8.32. The molecular formula is C9H19N3OS. The molecule has 1 amide bonds. The molecule has 14 heavy (non-hydrogen) atoms. The van der Waals surface area contributed by atoms with Crippen molar-refractivity contribution in [2.24, 2.45) is 17.2 Å². The molecule has 1 aliphatic rings. The molecule has 1 aliphatic heterocycles. The maximum absolute atomic E-state index is 10.5. The van der Waals surface area contributed by atoms with Crippen LogP contribution in [0.15, 0.2) is 0 Å². The SMILES string of the molecule is NC(=O)CCCCC1SCC(N)C1N. The molecule has 0 spiro atoms. The predicted octanol–water partition coefficient (Wildman–Crippen LogP) is -0.198. The average molecular weight is 217 g/mol. The van der Waals surface area contributed by atoms with Gasteiger partial charge in [-0.3, -0.25) is 4.79 Å². The Morgan fingerprint density at radius 2 is 2.07 bits per heavy atom. The Kier molecular flexibility index (Phi) is 4.71. The molecule has 0 bridgehead atoms. The van der Waals surface area contributed by atoms with Gasteiger partial charge in [-0.05, 0) is 12.8 Å². The van der Waals surface area contributed by atoms with Crippen molar-refractivity contribution in [2.75, 3.05) is 5.75 Å². The minimum absolute atomic E-state index is 0.119. The zero-order valence-corrected chi connectivity index (χ0v) is 9.13. The van der Waals surface area contributed by atoms with Gasteiger partial charge in [-0.15, -0.1) is 0 Å². The van der Waals surface area contributed by atoms with Gasteiger partial charge in [0.25, 0.3) is 0 Å². The number of carbonyl (C=O) groups is 1. The van der Waals surface area contributed by atoms with E-state index in [1.165, 1.54) is 0 Å². The van der Waals surface area contributed by atoms with E-state index in [9.17, 15) is 4.79 Å². The summed E-state index contributed by atoms with van der Waals surface area (Å²) in [6.45, 7) is 0. The number of unbranched alkanes of at least 4 members (excludes halogenated alkanes) is 1. The topological polar surface area (TPSA) is 95.1 Å². The van der Waals surface area contributed by atoms with E-state index in [-0.39, 0.29) is 18.0 Å². The second-order valence-corrected chi connectivity index (χ2v) is 5.10. The van der Waals surface area contributed by atoms with Gasteiger partial charge < -0.3 is 17.2 Å². The molecule has 1 saturated heterocycles. The third-order valence-corrected chi connectivity index (χ3v) is 4.14. The molecule has 0 saturated carbocycles. The third kappa shape index (κ3) is 3.48. The molecule has 1 fully saturated rings. The summed E-state index contributed by atoms with van der Waals surface area (Å²) in [6, 6.07) is 0.259. The number of rotatable bonds is 5. The highest BCUT2D eigenvalue weighted by Crippen LogP contribution is 2.28. The van der Waals surface area contributed by atoms with Crippen molar-refractivity contribution in [2.45, 2.75) is 43.0 Å². The number of thioether (sulfide) groups is 1. The number of amides is 1. The fourth-order valence-electron chi connectivity index (χ4n) is 1.65. The molecule has 0 aromatic heterocycles. The first-order valence-corrected chi connectivity index (χ1v) is 6.07. The quantitative estimate of drug-likeness (QED) is 0.556. The Labute approximate surface area is 89.0 Å². The maximum atomic E-state index is 10.5. The Bertz CT molecular complexity index is 200. The van der Waals surface area contributed by atoms with E-state index in [4.69, 9.17) is 17.2 Å². The normalized spacial score (nSPS) is 32.0. The summed E-state index contributed by atoms with van der Waals surface area (Å²) < 4.78 is 0. The second kappa shape index (κ2) is 5.58. The molecule has 4 nitrogen and oxygen atoms in total.